The van der Waals surface area contributed by atoms with Crippen molar-refractivity contribution in [1.82, 2.24) is 19.5 Å². The Hall–Kier alpha value is -1.99. The molecule has 12 heteroatoms. The first-order valence-corrected chi connectivity index (χ1v) is 8.41. The second-order valence-electron chi connectivity index (χ2n) is 5.46. The van der Waals surface area contributed by atoms with Crippen LogP contribution in [0.1, 0.15) is 12.6 Å². The number of carboxylic acids is 1. The number of nitrogens with two attached hydrogens (primary N) is 1. The molecule has 2 aromatic heterocycles. The minimum absolute atomic E-state index is 0.140. The highest BCUT2D eigenvalue weighted by atomic mass is 32.2. The molecule has 25 heavy (non-hydrogen) atoms. The average Bonchev–Trinajstić information content (AvgIpc) is 3.10. The molecular weight excluding hydrogens is 354 g/mol. The Morgan fingerprint density at radius 2 is 2.12 bits per heavy atom. The van der Waals surface area contributed by atoms with Crippen molar-refractivity contribution in [2.75, 3.05) is 11.5 Å². The molecule has 3 heterocycles. The van der Waals surface area contributed by atoms with Crippen LogP contribution >= 0.6 is 11.8 Å². The first-order valence-electron chi connectivity index (χ1n) is 7.36. The lowest BCUT2D eigenvalue weighted by atomic mass is 10.1. The highest BCUT2D eigenvalue weighted by Gasteiger charge is 2.47. The molecule has 0 aliphatic carbocycles. The van der Waals surface area contributed by atoms with Gasteiger partial charge in [0.15, 0.2) is 17.7 Å². The van der Waals surface area contributed by atoms with Gasteiger partial charge in [-0.15, -0.1) is 11.8 Å². The summed E-state index contributed by atoms with van der Waals surface area (Å²) in [6.07, 6.45) is -2.39. The van der Waals surface area contributed by atoms with Gasteiger partial charge in [0.05, 0.1) is 12.7 Å². The van der Waals surface area contributed by atoms with Gasteiger partial charge < -0.3 is 30.9 Å². The van der Waals surface area contributed by atoms with Crippen molar-refractivity contribution in [3.05, 3.63) is 12.7 Å². The van der Waals surface area contributed by atoms with Crippen molar-refractivity contribution in [2.45, 2.75) is 36.4 Å². The fourth-order valence-electron chi connectivity index (χ4n) is 2.57. The van der Waals surface area contributed by atoms with Crippen molar-refractivity contribution >= 4 is 34.7 Å². The summed E-state index contributed by atoms with van der Waals surface area (Å²) in [5, 5.41) is 39.2. The molecule has 3 rings (SSSR count). The zero-order valence-electron chi connectivity index (χ0n) is 12.8. The first kappa shape index (κ1) is 17.8. The largest absolute Gasteiger partial charge is 0.481 e. The number of thioether (sulfide) groups is 1. The monoisotopic (exact) mass is 371 g/mol. The normalized spacial score (nSPS) is 27.6. The lowest BCUT2D eigenvalue weighted by Gasteiger charge is -2.20. The lowest BCUT2D eigenvalue weighted by molar-refractivity contribution is -0.136. The van der Waals surface area contributed by atoms with Gasteiger partial charge in [0.2, 0.25) is 0 Å². The summed E-state index contributed by atoms with van der Waals surface area (Å²) >= 11 is 0.921. The molecule has 5 atom stereocenters. The third kappa shape index (κ3) is 3.39. The number of carboxylic acid groups (broad SMARTS) is 1. The van der Waals surface area contributed by atoms with Gasteiger partial charge in [0.1, 0.15) is 35.6 Å². The summed E-state index contributed by atoms with van der Waals surface area (Å²) in [6.45, 7) is 0. The Kier molecular flexibility index (Phi) is 5.06. The maximum Gasteiger partial charge on any atom is 0.304 e. The number of ether oxygens (including phenoxy) is 1. The SMILES string of the molecule is Nc1ncnc2c1ncn2[C@@H]1O[C@H](C(O)SCCC(=O)O)[C@@H](O)[C@H]1O. The number of rotatable bonds is 6. The van der Waals surface area contributed by atoms with Gasteiger partial charge in [-0.25, -0.2) is 15.0 Å². The van der Waals surface area contributed by atoms with Crippen LogP contribution in [0.4, 0.5) is 5.82 Å². The number of aliphatic hydroxyl groups is 3. The number of nitrogen functional groups attached to an aromatic ring is 1. The predicted molar refractivity (Wildman–Crippen MR) is 86.4 cm³/mol. The van der Waals surface area contributed by atoms with Crippen LogP contribution in [0.25, 0.3) is 11.2 Å². The number of aliphatic hydroxyl groups excluding tert-OH is 3. The van der Waals surface area contributed by atoms with Gasteiger partial charge in [-0.05, 0) is 0 Å². The summed E-state index contributed by atoms with van der Waals surface area (Å²) in [6, 6.07) is 0. The van der Waals surface area contributed by atoms with E-state index in [1.165, 1.54) is 17.2 Å². The summed E-state index contributed by atoms with van der Waals surface area (Å²) < 4.78 is 7.00. The van der Waals surface area contributed by atoms with E-state index >= 15 is 0 Å². The smallest absolute Gasteiger partial charge is 0.304 e. The van der Waals surface area contributed by atoms with Crippen molar-refractivity contribution in [3.63, 3.8) is 0 Å². The molecule has 6 N–H and O–H groups in total. The Morgan fingerprint density at radius 1 is 1.36 bits per heavy atom. The van der Waals surface area contributed by atoms with Crippen molar-refractivity contribution < 1.29 is 30.0 Å². The maximum atomic E-state index is 10.5. The van der Waals surface area contributed by atoms with Gasteiger partial charge in [-0.3, -0.25) is 9.36 Å². The Labute approximate surface area is 145 Å². The van der Waals surface area contributed by atoms with Crippen molar-refractivity contribution in [1.29, 1.82) is 0 Å². The topological polar surface area (TPSA) is 177 Å². The number of aliphatic carboxylic acids is 1. The number of hydrogen-bond acceptors (Lipinski definition) is 10. The van der Waals surface area contributed by atoms with E-state index in [0.29, 0.717) is 11.2 Å². The zero-order valence-corrected chi connectivity index (χ0v) is 13.7. The van der Waals surface area contributed by atoms with E-state index in [-0.39, 0.29) is 18.0 Å². The highest BCUT2D eigenvalue weighted by molar-refractivity contribution is 7.99. The quantitative estimate of drug-likeness (QED) is 0.375. The van der Waals surface area contributed by atoms with E-state index in [1.807, 2.05) is 0 Å². The molecule has 1 aliphatic heterocycles. The standard InChI is InChI=1S/C13H17N5O6S/c14-10-6-11(16-3-15-10)18(4-17-6)12-8(22)7(21)9(24-12)13(23)25-2-1-5(19)20/h3-4,7-9,12-13,21-23H,1-2H2,(H,19,20)(H2,14,15,16)/t7-,8+,9-,12+,13?/m0/s1. The van der Waals surface area contributed by atoms with E-state index in [1.54, 1.807) is 0 Å². The summed E-state index contributed by atoms with van der Waals surface area (Å²) in [5.41, 5.74) is 5.15. The molecule has 1 saturated heterocycles. The zero-order chi connectivity index (χ0) is 18.1. The van der Waals surface area contributed by atoms with Crippen LogP contribution in [0.15, 0.2) is 12.7 Å². The number of fused-ring (bicyclic) bond motifs is 1. The molecule has 0 bridgehead atoms. The van der Waals surface area contributed by atoms with E-state index in [2.05, 4.69) is 15.0 Å². The first-order chi connectivity index (χ1) is 11.9. The minimum atomic E-state index is -1.37. The minimum Gasteiger partial charge on any atom is -0.481 e. The fraction of sp³-hybridized carbons (Fsp3) is 0.538. The van der Waals surface area contributed by atoms with Gasteiger partial charge in [-0.2, -0.15) is 0 Å². The van der Waals surface area contributed by atoms with Crippen LogP contribution in [-0.2, 0) is 9.53 Å². The fourth-order valence-corrected chi connectivity index (χ4v) is 3.52. The van der Waals surface area contributed by atoms with E-state index in [9.17, 15) is 20.1 Å². The lowest BCUT2D eigenvalue weighted by Crippen LogP contribution is -2.37. The second-order valence-corrected chi connectivity index (χ2v) is 6.69. The Bertz CT molecular complexity index is 772. The highest BCUT2D eigenvalue weighted by Crippen LogP contribution is 2.35. The van der Waals surface area contributed by atoms with Gasteiger partial charge in [-0.1, -0.05) is 0 Å². The molecule has 1 fully saturated rings. The number of nitrogens with zero attached hydrogens (tertiary/aromatic N) is 4. The van der Waals surface area contributed by atoms with E-state index in [0.717, 1.165) is 11.8 Å². The third-order valence-corrected chi connectivity index (χ3v) is 4.87. The molecule has 1 aliphatic rings. The number of hydrogen-bond donors (Lipinski definition) is 5. The molecule has 0 radical (unpaired) electrons. The van der Waals surface area contributed by atoms with Gasteiger partial charge >= 0.3 is 5.97 Å². The number of anilines is 1. The molecule has 0 aromatic carbocycles. The van der Waals surface area contributed by atoms with E-state index in [4.69, 9.17) is 15.6 Å². The van der Waals surface area contributed by atoms with Crippen molar-refractivity contribution in [3.8, 4) is 0 Å². The van der Waals surface area contributed by atoms with Gasteiger partial charge in [0.25, 0.3) is 0 Å². The van der Waals surface area contributed by atoms with Crippen LogP contribution in [0.3, 0.4) is 0 Å². The molecule has 2 aromatic rings. The molecule has 0 saturated carbocycles. The second kappa shape index (κ2) is 7.09. The van der Waals surface area contributed by atoms with E-state index < -0.39 is 35.9 Å². The third-order valence-electron chi connectivity index (χ3n) is 3.82. The molecule has 136 valence electrons. The number of aromatic nitrogens is 4. The number of imidazole rings is 1. The summed E-state index contributed by atoms with van der Waals surface area (Å²) in [5.74, 6) is -0.688. The Balaban J connectivity index is 1.77. The molecule has 1 unspecified atom stereocenters. The summed E-state index contributed by atoms with van der Waals surface area (Å²) in [4.78, 5) is 22.5. The van der Waals surface area contributed by atoms with Crippen LogP contribution in [-0.4, -0.2) is 75.4 Å². The van der Waals surface area contributed by atoms with Crippen LogP contribution < -0.4 is 5.73 Å². The molecular formula is C13H17N5O6S. The van der Waals surface area contributed by atoms with Crippen LogP contribution in [0.5, 0.6) is 0 Å². The molecule has 0 amide bonds. The average molecular weight is 371 g/mol. The van der Waals surface area contributed by atoms with Crippen LogP contribution in [0, 0.1) is 0 Å². The maximum absolute atomic E-state index is 10.5. The summed E-state index contributed by atoms with van der Waals surface area (Å²) in [7, 11) is 0. The Morgan fingerprint density at radius 3 is 2.84 bits per heavy atom. The predicted octanol–water partition coefficient (Wildman–Crippen LogP) is -1.45. The molecule has 11 nitrogen and oxygen atoms in total. The number of carbonyl (C=O) groups is 1. The van der Waals surface area contributed by atoms with Crippen molar-refractivity contribution in [2.24, 2.45) is 0 Å². The van der Waals surface area contributed by atoms with Crippen LogP contribution in [0.2, 0.25) is 0 Å². The van der Waals surface area contributed by atoms with Gasteiger partial charge in [0, 0.05) is 5.75 Å². The molecule has 0 spiro atoms.